The molecule has 0 unspecified atom stereocenters. The van der Waals surface area contributed by atoms with Gasteiger partial charge in [0.2, 0.25) is 0 Å². The molecule has 0 spiro atoms. The molecular formula is C9H8BrFO2. The first-order chi connectivity index (χ1) is 6.06. The smallest absolute Gasteiger partial charge is 0.337 e. The van der Waals surface area contributed by atoms with Crippen LogP contribution in [0.1, 0.15) is 15.9 Å². The minimum atomic E-state index is -0.533. The molecule has 1 aromatic rings. The number of carbonyl (C=O) groups is 1. The Hall–Kier alpha value is -0.900. The van der Waals surface area contributed by atoms with Crippen LogP contribution in [0.4, 0.5) is 4.39 Å². The molecule has 0 amide bonds. The van der Waals surface area contributed by atoms with E-state index in [2.05, 4.69) is 20.7 Å². The van der Waals surface area contributed by atoms with Crippen LogP contribution in [-0.2, 0) is 4.74 Å². The van der Waals surface area contributed by atoms with E-state index in [1.54, 1.807) is 13.0 Å². The van der Waals surface area contributed by atoms with Crippen LogP contribution in [0.15, 0.2) is 16.6 Å². The monoisotopic (exact) mass is 246 g/mol. The third kappa shape index (κ3) is 2.06. The molecule has 0 aliphatic carbocycles. The minimum absolute atomic E-state index is 0.223. The summed E-state index contributed by atoms with van der Waals surface area (Å²) < 4.78 is 17.9. The van der Waals surface area contributed by atoms with Crippen LogP contribution in [0.25, 0.3) is 0 Å². The highest BCUT2D eigenvalue weighted by Crippen LogP contribution is 2.21. The van der Waals surface area contributed by atoms with E-state index in [9.17, 15) is 9.18 Å². The zero-order chi connectivity index (χ0) is 10.0. The Kier molecular flexibility index (Phi) is 3.03. The molecule has 4 heteroatoms. The van der Waals surface area contributed by atoms with E-state index in [0.717, 1.165) is 6.07 Å². The van der Waals surface area contributed by atoms with Gasteiger partial charge >= 0.3 is 5.97 Å². The summed E-state index contributed by atoms with van der Waals surface area (Å²) in [7, 11) is 1.26. The number of ether oxygens (including phenoxy) is 1. The summed E-state index contributed by atoms with van der Waals surface area (Å²) in [5.74, 6) is -0.991. The van der Waals surface area contributed by atoms with E-state index >= 15 is 0 Å². The molecule has 13 heavy (non-hydrogen) atoms. The molecule has 0 atom stereocenters. The quantitative estimate of drug-likeness (QED) is 0.713. The van der Waals surface area contributed by atoms with Gasteiger partial charge in [-0.15, -0.1) is 0 Å². The van der Waals surface area contributed by atoms with E-state index < -0.39 is 11.8 Å². The number of hydrogen-bond acceptors (Lipinski definition) is 2. The normalized spacial score (nSPS) is 9.85. The van der Waals surface area contributed by atoms with Gasteiger partial charge in [-0.2, -0.15) is 0 Å². The lowest BCUT2D eigenvalue weighted by molar-refractivity contribution is 0.0600. The van der Waals surface area contributed by atoms with Gasteiger partial charge in [0, 0.05) is 0 Å². The Morgan fingerprint density at radius 3 is 2.62 bits per heavy atom. The lowest BCUT2D eigenvalue weighted by Crippen LogP contribution is -2.02. The van der Waals surface area contributed by atoms with Crippen molar-refractivity contribution in [2.45, 2.75) is 6.92 Å². The van der Waals surface area contributed by atoms with Crippen molar-refractivity contribution in [3.8, 4) is 0 Å². The van der Waals surface area contributed by atoms with Crippen molar-refractivity contribution in [2.24, 2.45) is 0 Å². The molecule has 0 N–H and O–H groups in total. The zero-order valence-corrected chi connectivity index (χ0v) is 8.81. The van der Waals surface area contributed by atoms with Crippen molar-refractivity contribution in [1.82, 2.24) is 0 Å². The standard InChI is InChI=1S/C9H8BrFO2/c1-5-3-6(9(12)13-2)4-7(11)8(5)10/h3-4H,1-2H3. The molecule has 0 aliphatic rings. The number of hydrogen-bond donors (Lipinski definition) is 0. The fraction of sp³-hybridized carbons (Fsp3) is 0.222. The van der Waals surface area contributed by atoms with Gasteiger partial charge in [-0.05, 0) is 40.5 Å². The number of carbonyl (C=O) groups excluding carboxylic acids is 1. The SMILES string of the molecule is COC(=O)c1cc(C)c(Br)c(F)c1. The molecule has 1 rings (SSSR count). The molecule has 0 saturated carbocycles. The van der Waals surface area contributed by atoms with Gasteiger partial charge < -0.3 is 4.74 Å². The van der Waals surface area contributed by atoms with Crippen LogP contribution >= 0.6 is 15.9 Å². The molecule has 70 valence electrons. The summed E-state index contributed by atoms with van der Waals surface area (Å²) in [6, 6.07) is 2.71. The molecule has 0 radical (unpaired) electrons. The Balaban J connectivity index is 3.20. The number of rotatable bonds is 1. The minimum Gasteiger partial charge on any atom is -0.465 e. The fourth-order valence-corrected chi connectivity index (χ4v) is 1.19. The first-order valence-corrected chi connectivity index (χ1v) is 4.39. The molecule has 0 heterocycles. The van der Waals surface area contributed by atoms with Crippen LogP contribution in [0.5, 0.6) is 0 Å². The molecular weight excluding hydrogens is 239 g/mol. The summed E-state index contributed by atoms with van der Waals surface area (Å²) in [4.78, 5) is 11.0. The second-order valence-electron chi connectivity index (χ2n) is 2.58. The maximum Gasteiger partial charge on any atom is 0.337 e. The summed E-state index contributed by atoms with van der Waals surface area (Å²) in [6.07, 6.45) is 0. The lowest BCUT2D eigenvalue weighted by Gasteiger charge is -2.03. The highest BCUT2D eigenvalue weighted by Gasteiger charge is 2.10. The highest BCUT2D eigenvalue weighted by atomic mass is 79.9. The third-order valence-electron chi connectivity index (χ3n) is 1.63. The van der Waals surface area contributed by atoms with E-state index in [-0.39, 0.29) is 5.56 Å². The van der Waals surface area contributed by atoms with E-state index in [0.29, 0.717) is 10.0 Å². The van der Waals surface area contributed by atoms with Gasteiger partial charge in [0.15, 0.2) is 0 Å². The summed E-state index contributed by atoms with van der Waals surface area (Å²) in [6.45, 7) is 1.71. The summed E-state index contributed by atoms with van der Waals surface area (Å²) >= 11 is 3.06. The van der Waals surface area contributed by atoms with Gasteiger partial charge in [0.05, 0.1) is 17.1 Å². The van der Waals surface area contributed by atoms with Crippen LogP contribution in [0.2, 0.25) is 0 Å². The molecule has 2 nitrogen and oxygen atoms in total. The van der Waals surface area contributed by atoms with Crippen molar-refractivity contribution in [3.63, 3.8) is 0 Å². The number of aryl methyl sites for hydroxylation is 1. The van der Waals surface area contributed by atoms with Crippen LogP contribution in [0.3, 0.4) is 0 Å². The second-order valence-corrected chi connectivity index (χ2v) is 3.37. The number of esters is 1. The second kappa shape index (κ2) is 3.87. The predicted octanol–water partition coefficient (Wildman–Crippen LogP) is 2.68. The van der Waals surface area contributed by atoms with Crippen LogP contribution in [0, 0.1) is 12.7 Å². The van der Waals surface area contributed by atoms with Crippen molar-refractivity contribution in [2.75, 3.05) is 7.11 Å². The van der Waals surface area contributed by atoms with Crippen molar-refractivity contribution in [3.05, 3.63) is 33.5 Å². The topological polar surface area (TPSA) is 26.3 Å². The largest absolute Gasteiger partial charge is 0.465 e. The summed E-state index contributed by atoms with van der Waals surface area (Å²) in [5.41, 5.74) is 0.890. The van der Waals surface area contributed by atoms with Crippen molar-refractivity contribution in [1.29, 1.82) is 0 Å². The average Bonchev–Trinajstić information content (AvgIpc) is 2.12. The number of benzene rings is 1. The highest BCUT2D eigenvalue weighted by molar-refractivity contribution is 9.10. The molecule has 0 saturated heterocycles. The Bertz CT molecular complexity index is 326. The Morgan fingerprint density at radius 2 is 2.15 bits per heavy atom. The zero-order valence-electron chi connectivity index (χ0n) is 7.23. The molecule has 0 bridgehead atoms. The molecule has 0 aliphatic heterocycles. The summed E-state index contributed by atoms with van der Waals surface area (Å²) in [5, 5.41) is 0. The van der Waals surface area contributed by atoms with Crippen molar-refractivity contribution >= 4 is 21.9 Å². The van der Waals surface area contributed by atoms with Gasteiger partial charge in [0.25, 0.3) is 0 Å². The van der Waals surface area contributed by atoms with Gasteiger partial charge in [0.1, 0.15) is 5.82 Å². The average molecular weight is 247 g/mol. The number of methoxy groups -OCH3 is 1. The van der Waals surface area contributed by atoms with E-state index in [1.165, 1.54) is 7.11 Å². The predicted molar refractivity (Wildman–Crippen MR) is 50.2 cm³/mol. The number of halogens is 2. The van der Waals surface area contributed by atoms with E-state index in [1.807, 2.05) is 0 Å². The van der Waals surface area contributed by atoms with Crippen molar-refractivity contribution < 1.29 is 13.9 Å². The Morgan fingerprint density at radius 1 is 1.54 bits per heavy atom. The van der Waals surface area contributed by atoms with Gasteiger partial charge in [-0.1, -0.05) is 0 Å². The van der Waals surface area contributed by atoms with Crippen LogP contribution in [-0.4, -0.2) is 13.1 Å². The molecule has 0 fully saturated rings. The maximum atomic E-state index is 13.1. The molecule has 0 aromatic heterocycles. The maximum absolute atomic E-state index is 13.1. The first kappa shape index (κ1) is 10.2. The van der Waals surface area contributed by atoms with E-state index in [4.69, 9.17) is 0 Å². The molecule has 1 aromatic carbocycles. The fourth-order valence-electron chi connectivity index (χ4n) is 0.962. The van der Waals surface area contributed by atoms with Crippen LogP contribution < -0.4 is 0 Å². The Labute approximate surface area is 83.8 Å². The third-order valence-corrected chi connectivity index (χ3v) is 2.64. The van der Waals surface area contributed by atoms with Gasteiger partial charge in [-0.25, -0.2) is 9.18 Å². The first-order valence-electron chi connectivity index (χ1n) is 3.60. The lowest BCUT2D eigenvalue weighted by atomic mass is 10.1. The van der Waals surface area contributed by atoms with Gasteiger partial charge in [-0.3, -0.25) is 0 Å².